The number of rotatable bonds is 9. The topological polar surface area (TPSA) is 138 Å². The molecule has 4 rings (SSSR count). The average Bonchev–Trinajstić information content (AvgIpc) is 3.52. The van der Waals surface area contributed by atoms with E-state index in [-0.39, 0.29) is 36.0 Å². The molecule has 210 valence electrons. The molecule has 39 heavy (non-hydrogen) atoms. The first-order valence-corrected chi connectivity index (χ1v) is 13.7. The van der Waals surface area contributed by atoms with Gasteiger partial charge in [0.1, 0.15) is 23.3 Å². The van der Waals surface area contributed by atoms with Gasteiger partial charge in [0, 0.05) is 35.8 Å². The Hall–Kier alpha value is -3.69. The zero-order chi connectivity index (χ0) is 28.3. The van der Waals surface area contributed by atoms with E-state index in [9.17, 15) is 24.0 Å². The van der Waals surface area contributed by atoms with E-state index in [1.807, 2.05) is 25.1 Å². The second kappa shape index (κ2) is 12.0. The van der Waals surface area contributed by atoms with Gasteiger partial charge in [-0.2, -0.15) is 0 Å². The highest BCUT2D eigenvalue weighted by Crippen LogP contribution is 2.30. The Morgan fingerprint density at radius 3 is 2.62 bits per heavy atom. The van der Waals surface area contributed by atoms with E-state index in [1.54, 1.807) is 27.0 Å². The molecule has 1 aromatic heterocycles. The van der Waals surface area contributed by atoms with Crippen molar-refractivity contribution in [2.24, 2.45) is 11.8 Å². The molecule has 0 radical (unpaired) electrons. The van der Waals surface area contributed by atoms with Crippen LogP contribution in [-0.2, 0) is 19.2 Å². The standard InChI is InChI=1S/C29H38N4O6/c1-16(2)30-28(37)26(35)21(13-18-8-5-6-10-24(18)34)32-27(36)23-12-17(3)15-33(23)29(38)22-14-19-20(31-22)9-7-11-25(19)39-4/h7,9,11,14,16-18,21,23,31H,5-6,8,10,12-13,15H2,1-4H3,(H,30,37)(H,32,36). The number of hydrogen-bond donors (Lipinski definition) is 3. The molecule has 2 aromatic rings. The Morgan fingerprint density at radius 2 is 1.92 bits per heavy atom. The van der Waals surface area contributed by atoms with Gasteiger partial charge in [0.25, 0.3) is 11.8 Å². The highest BCUT2D eigenvalue weighted by molar-refractivity contribution is 6.38. The number of methoxy groups -OCH3 is 1. The molecular formula is C29H38N4O6. The van der Waals surface area contributed by atoms with Gasteiger partial charge in [-0.25, -0.2) is 0 Å². The van der Waals surface area contributed by atoms with E-state index in [0.717, 1.165) is 23.7 Å². The summed E-state index contributed by atoms with van der Waals surface area (Å²) in [7, 11) is 1.56. The number of fused-ring (bicyclic) bond motifs is 1. The fourth-order valence-electron chi connectivity index (χ4n) is 5.67. The van der Waals surface area contributed by atoms with Gasteiger partial charge in [0.05, 0.1) is 13.2 Å². The molecule has 4 atom stereocenters. The number of benzene rings is 1. The number of ketones is 2. The molecule has 4 unspecified atom stereocenters. The summed E-state index contributed by atoms with van der Waals surface area (Å²) in [6.45, 7) is 5.82. The number of nitrogens with one attached hydrogen (secondary N) is 3. The maximum atomic E-state index is 13.6. The summed E-state index contributed by atoms with van der Waals surface area (Å²) in [5.74, 6) is -2.05. The first-order chi connectivity index (χ1) is 18.6. The van der Waals surface area contributed by atoms with Gasteiger partial charge >= 0.3 is 0 Å². The third-order valence-electron chi connectivity index (χ3n) is 7.63. The predicted molar refractivity (Wildman–Crippen MR) is 145 cm³/mol. The zero-order valence-electron chi connectivity index (χ0n) is 23.0. The van der Waals surface area contributed by atoms with Gasteiger partial charge in [-0.15, -0.1) is 0 Å². The van der Waals surface area contributed by atoms with Crippen molar-refractivity contribution in [3.05, 3.63) is 30.0 Å². The van der Waals surface area contributed by atoms with Crippen LogP contribution in [0.15, 0.2) is 24.3 Å². The van der Waals surface area contributed by atoms with Crippen LogP contribution in [0.1, 0.15) is 69.8 Å². The lowest BCUT2D eigenvalue weighted by Gasteiger charge is -2.28. The molecule has 2 aliphatic rings. The summed E-state index contributed by atoms with van der Waals surface area (Å²) in [5.41, 5.74) is 1.07. The van der Waals surface area contributed by atoms with Crippen LogP contribution in [-0.4, -0.2) is 71.0 Å². The summed E-state index contributed by atoms with van der Waals surface area (Å²) >= 11 is 0. The van der Waals surface area contributed by atoms with Crippen molar-refractivity contribution >= 4 is 40.2 Å². The van der Waals surface area contributed by atoms with E-state index in [2.05, 4.69) is 15.6 Å². The third-order valence-corrected chi connectivity index (χ3v) is 7.63. The van der Waals surface area contributed by atoms with Crippen molar-refractivity contribution in [3.63, 3.8) is 0 Å². The normalized spacial score (nSPS) is 22.1. The molecule has 2 fully saturated rings. The summed E-state index contributed by atoms with van der Waals surface area (Å²) in [4.78, 5) is 70.1. The lowest BCUT2D eigenvalue weighted by atomic mass is 9.82. The van der Waals surface area contributed by atoms with Crippen molar-refractivity contribution < 1.29 is 28.7 Å². The minimum absolute atomic E-state index is 0.0538. The molecule has 2 heterocycles. The molecule has 1 saturated heterocycles. The second-order valence-electron chi connectivity index (χ2n) is 11.1. The number of amides is 3. The van der Waals surface area contributed by atoms with E-state index in [0.29, 0.717) is 37.3 Å². The molecule has 10 nitrogen and oxygen atoms in total. The number of Topliss-reactive ketones (excluding diaryl/α,β-unsaturated/α-hetero) is 2. The van der Waals surface area contributed by atoms with Crippen LogP contribution in [0.4, 0.5) is 0 Å². The number of likely N-dealkylation sites (tertiary alicyclic amines) is 1. The van der Waals surface area contributed by atoms with Crippen molar-refractivity contribution in [3.8, 4) is 5.75 Å². The van der Waals surface area contributed by atoms with E-state index < -0.39 is 29.7 Å². The first-order valence-electron chi connectivity index (χ1n) is 13.7. The number of aromatic nitrogens is 1. The van der Waals surface area contributed by atoms with Crippen LogP contribution in [0.25, 0.3) is 10.9 Å². The summed E-state index contributed by atoms with van der Waals surface area (Å²) in [5, 5.41) is 6.10. The molecule has 10 heteroatoms. The third kappa shape index (κ3) is 6.32. The predicted octanol–water partition coefficient (Wildman–Crippen LogP) is 2.76. The van der Waals surface area contributed by atoms with Crippen molar-refractivity contribution in [2.75, 3.05) is 13.7 Å². The molecule has 1 aliphatic carbocycles. The van der Waals surface area contributed by atoms with Gasteiger partial charge in [0.15, 0.2) is 0 Å². The number of carbonyl (C=O) groups is 5. The molecule has 0 bridgehead atoms. The van der Waals surface area contributed by atoms with E-state index in [4.69, 9.17) is 4.74 Å². The van der Waals surface area contributed by atoms with Crippen molar-refractivity contribution in [2.45, 2.75) is 77.4 Å². The maximum Gasteiger partial charge on any atom is 0.289 e. The molecule has 3 amide bonds. The van der Waals surface area contributed by atoms with Crippen LogP contribution >= 0.6 is 0 Å². The number of aromatic amines is 1. The quantitative estimate of drug-likeness (QED) is 0.420. The molecule has 0 spiro atoms. The van der Waals surface area contributed by atoms with E-state index in [1.165, 1.54) is 4.90 Å². The largest absolute Gasteiger partial charge is 0.496 e. The van der Waals surface area contributed by atoms with Crippen molar-refractivity contribution in [1.82, 2.24) is 20.5 Å². The van der Waals surface area contributed by atoms with Gasteiger partial charge in [-0.05, 0) is 63.6 Å². The second-order valence-corrected chi connectivity index (χ2v) is 11.1. The maximum absolute atomic E-state index is 13.6. The molecule has 1 saturated carbocycles. The minimum atomic E-state index is -1.14. The summed E-state index contributed by atoms with van der Waals surface area (Å²) in [6.07, 6.45) is 3.23. The molecule has 1 aliphatic heterocycles. The molecular weight excluding hydrogens is 500 g/mol. The Morgan fingerprint density at radius 1 is 1.15 bits per heavy atom. The van der Waals surface area contributed by atoms with E-state index >= 15 is 0 Å². The lowest BCUT2D eigenvalue weighted by Crippen LogP contribution is -2.54. The lowest BCUT2D eigenvalue weighted by molar-refractivity contribution is -0.141. The van der Waals surface area contributed by atoms with Crippen molar-refractivity contribution in [1.29, 1.82) is 0 Å². The Labute approximate surface area is 228 Å². The molecule has 3 N–H and O–H groups in total. The number of ether oxygens (including phenoxy) is 1. The monoisotopic (exact) mass is 538 g/mol. The van der Waals surface area contributed by atoms with Crippen LogP contribution < -0.4 is 15.4 Å². The van der Waals surface area contributed by atoms with Crippen LogP contribution in [0.5, 0.6) is 5.75 Å². The van der Waals surface area contributed by atoms with Gasteiger partial charge in [-0.3, -0.25) is 24.0 Å². The first kappa shape index (κ1) is 28.3. The number of carbonyl (C=O) groups excluding carboxylic acids is 5. The Bertz CT molecular complexity index is 1270. The number of hydrogen-bond acceptors (Lipinski definition) is 6. The number of nitrogens with zero attached hydrogens (tertiary/aromatic N) is 1. The van der Waals surface area contributed by atoms with Gasteiger partial charge in [-0.1, -0.05) is 19.4 Å². The van der Waals surface area contributed by atoms with Crippen LogP contribution in [0, 0.1) is 11.8 Å². The Balaban J connectivity index is 1.55. The Kier molecular flexibility index (Phi) is 8.72. The van der Waals surface area contributed by atoms with Crippen LogP contribution in [0.2, 0.25) is 0 Å². The summed E-state index contributed by atoms with van der Waals surface area (Å²) in [6, 6.07) is 4.97. The smallest absolute Gasteiger partial charge is 0.289 e. The highest BCUT2D eigenvalue weighted by Gasteiger charge is 2.41. The van der Waals surface area contributed by atoms with Gasteiger partial charge < -0.3 is 25.3 Å². The SMILES string of the molecule is COc1cccc2[nH]c(C(=O)N3CC(C)CC3C(=O)NC(CC3CCCCC3=O)C(=O)C(=O)NC(C)C)cc12. The molecule has 1 aromatic carbocycles. The summed E-state index contributed by atoms with van der Waals surface area (Å²) < 4.78 is 5.40. The fourth-order valence-corrected chi connectivity index (χ4v) is 5.67. The number of H-pyrrole nitrogens is 1. The highest BCUT2D eigenvalue weighted by atomic mass is 16.5. The zero-order valence-corrected chi connectivity index (χ0v) is 23.0. The van der Waals surface area contributed by atoms with Crippen LogP contribution in [0.3, 0.4) is 0 Å². The van der Waals surface area contributed by atoms with Gasteiger partial charge in [0.2, 0.25) is 11.7 Å². The minimum Gasteiger partial charge on any atom is -0.496 e. The average molecular weight is 539 g/mol. The fraction of sp³-hybridized carbons (Fsp3) is 0.552.